The number of quaternary nitrogens is 1. The zero-order valence-electron chi connectivity index (χ0n) is 16.4. The van der Waals surface area contributed by atoms with Crippen LogP contribution in [0.3, 0.4) is 0 Å². The van der Waals surface area contributed by atoms with E-state index in [9.17, 15) is 0 Å². The van der Waals surface area contributed by atoms with Crippen molar-refractivity contribution in [2.24, 2.45) is 0 Å². The fourth-order valence-corrected chi connectivity index (χ4v) is 5.15. The smallest absolute Gasteiger partial charge is 0.290 e. The van der Waals surface area contributed by atoms with Crippen LogP contribution in [0.2, 0.25) is 0 Å². The molecule has 0 spiro atoms. The van der Waals surface area contributed by atoms with Crippen LogP contribution >= 0.6 is 11.3 Å². The summed E-state index contributed by atoms with van der Waals surface area (Å²) >= 11 is 1.70. The maximum Gasteiger partial charge on any atom is 0.313 e. The number of benzene rings is 1. The largest absolute Gasteiger partial charge is 0.313 e. The molecular weight excluding hydrogens is 380 g/mol. The lowest BCUT2D eigenvalue weighted by molar-refractivity contribution is 0.296. The number of thiazole rings is 1. The number of piperidine rings is 1. The van der Waals surface area contributed by atoms with E-state index in [0.717, 1.165) is 64.5 Å². The molecule has 0 amide bonds. The van der Waals surface area contributed by atoms with Gasteiger partial charge in [-0.15, -0.1) is 11.3 Å². The summed E-state index contributed by atoms with van der Waals surface area (Å²) in [5, 5.41) is 9.61. The highest BCUT2D eigenvalue weighted by Crippen LogP contribution is 2.38. The summed E-state index contributed by atoms with van der Waals surface area (Å²) in [6, 6.07) is 14.3. The average molecular weight is 404 g/mol. The Bertz CT molecular complexity index is 1100. The third-order valence-corrected chi connectivity index (χ3v) is 6.85. The number of aromatic nitrogens is 5. The van der Waals surface area contributed by atoms with Crippen molar-refractivity contribution in [1.82, 2.24) is 29.6 Å². The lowest BCUT2D eigenvalue weighted by Crippen LogP contribution is -2.49. The molecule has 0 bridgehead atoms. The van der Waals surface area contributed by atoms with Gasteiger partial charge in [-0.1, -0.05) is 35.4 Å². The third-order valence-electron chi connectivity index (χ3n) is 5.61. The van der Waals surface area contributed by atoms with Crippen molar-refractivity contribution in [3.05, 3.63) is 60.6 Å². The fraction of sp³-hybridized carbons (Fsp3) is 0.273. The zero-order chi connectivity index (χ0) is 19.7. The van der Waals surface area contributed by atoms with E-state index < -0.39 is 0 Å². The van der Waals surface area contributed by atoms with Crippen LogP contribution in [0.1, 0.15) is 25.0 Å². The summed E-state index contributed by atoms with van der Waals surface area (Å²) in [6.45, 7) is 4.04. The number of H-pyrrole nitrogens is 1. The van der Waals surface area contributed by atoms with Crippen LogP contribution in [0, 0.1) is 6.92 Å². The molecule has 29 heavy (non-hydrogen) atoms. The number of hydrogen-bond acceptors (Lipinski definition) is 5. The average Bonchev–Trinajstić information content (AvgIpc) is 3.43. The Balaban J connectivity index is 1.54. The first-order valence-electron chi connectivity index (χ1n) is 10.0. The van der Waals surface area contributed by atoms with Crippen molar-refractivity contribution in [2.45, 2.75) is 26.2 Å². The number of nitrogens with one attached hydrogen (secondary N) is 1. The molecule has 1 aliphatic rings. The predicted molar refractivity (Wildman–Crippen MR) is 117 cm³/mol. The van der Waals surface area contributed by atoms with Crippen LogP contribution in [0.15, 0.2) is 54.9 Å². The molecular formula is C22H23N6S+. The standard InChI is InChI=1S/C22H23N6S/c1-16-20(29-21(25-16)17-9-4-2-5-10-17)18-15-23-22(26-18)28(13-6-3-7-14-28)19-11-8-12-24-27-19/h2,4-5,8-12,15H,3,6-7,13-14H2,1H3,(H,23,26)/q+1. The topological polar surface area (TPSA) is 67.3 Å². The second kappa shape index (κ2) is 7.50. The number of aromatic amines is 1. The second-order valence-electron chi connectivity index (χ2n) is 7.48. The summed E-state index contributed by atoms with van der Waals surface area (Å²) in [5.41, 5.74) is 3.18. The Labute approximate surface area is 173 Å². The monoisotopic (exact) mass is 403 g/mol. The van der Waals surface area contributed by atoms with E-state index in [1.807, 2.05) is 30.5 Å². The minimum absolute atomic E-state index is 0.636. The van der Waals surface area contributed by atoms with E-state index >= 15 is 0 Å². The van der Waals surface area contributed by atoms with E-state index in [1.165, 1.54) is 6.42 Å². The summed E-state index contributed by atoms with van der Waals surface area (Å²) in [7, 11) is 0. The van der Waals surface area contributed by atoms with Gasteiger partial charge in [0.25, 0.3) is 5.82 Å². The van der Waals surface area contributed by atoms with Gasteiger partial charge in [0.15, 0.2) is 0 Å². The summed E-state index contributed by atoms with van der Waals surface area (Å²) in [6.07, 6.45) is 7.23. The minimum atomic E-state index is 0.636. The third kappa shape index (κ3) is 3.26. The highest BCUT2D eigenvalue weighted by Gasteiger charge is 2.39. The lowest BCUT2D eigenvalue weighted by Gasteiger charge is -2.36. The van der Waals surface area contributed by atoms with Gasteiger partial charge in [0.05, 0.1) is 41.7 Å². The van der Waals surface area contributed by atoms with Gasteiger partial charge in [0, 0.05) is 11.6 Å². The number of imidazole rings is 1. The van der Waals surface area contributed by atoms with Crippen LogP contribution in [0.5, 0.6) is 0 Å². The molecule has 5 rings (SSSR count). The first-order chi connectivity index (χ1) is 14.3. The first-order valence-corrected chi connectivity index (χ1v) is 10.8. The molecule has 0 unspecified atom stereocenters. The van der Waals surface area contributed by atoms with Crippen molar-refractivity contribution in [3.8, 4) is 21.1 Å². The molecule has 4 heterocycles. The maximum absolute atomic E-state index is 4.82. The van der Waals surface area contributed by atoms with Crippen molar-refractivity contribution in [3.63, 3.8) is 0 Å². The molecule has 0 atom stereocenters. The fourth-order valence-electron chi connectivity index (χ4n) is 4.12. The Morgan fingerprint density at radius 1 is 1.00 bits per heavy atom. The SMILES string of the molecule is Cc1nc(-c2ccccc2)sc1-c1cnc([N+]2(c3cccnn3)CCCCC2)[nH]1. The molecule has 1 fully saturated rings. The van der Waals surface area contributed by atoms with E-state index in [0.29, 0.717) is 4.48 Å². The Morgan fingerprint density at radius 3 is 2.59 bits per heavy atom. The Morgan fingerprint density at radius 2 is 1.83 bits per heavy atom. The minimum Gasteiger partial charge on any atom is -0.290 e. The van der Waals surface area contributed by atoms with Crippen LogP contribution in [0.4, 0.5) is 11.8 Å². The first kappa shape index (κ1) is 18.1. The summed E-state index contributed by atoms with van der Waals surface area (Å²) in [4.78, 5) is 14.4. The quantitative estimate of drug-likeness (QED) is 0.480. The molecule has 1 aliphatic heterocycles. The Hall–Kier alpha value is -2.90. The van der Waals surface area contributed by atoms with Crippen LogP contribution in [0.25, 0.3) is 21.1 Å². The summed E-state index contributed by atoms with van der Waals surface area (Å²) < 4.78 is 0.636. The molecule has 1 N–H and O–H groups in total. The van der Waals surface area contributed by atoms with Crippen LogP contribution in [-0.4, -0.2) is 38.2 Å². The van der Waals surface area contributed by atoms with Gasteiger partial charge < -0.3 is 0 Å². The van der Waals surface area contributed by atoms with Gasteiger partial charge in [-0.2, -0.15) is 10.1 Å². The van der Waals surface area contributed by atoms with E-state index in [2.05, 4.69) is 40.3 Å². The molecule has 4 aromatic rings. The predicted octanol–water partition coefficient (Wildman–Crippen LogP) is 5.12. The van der Waals surface area contributed by atoms with Gasteiger partial charge in [0.2, 0.25) is 0 Å². The molecule has 6 nitrogen and oxygen atoms in total. The van der Waals surface area contributed by atoms with Crippen LogP contribution < -0.4 is 4.48 Å². The van der Waals surface area contributed by atoms with Crippen molar-refractivity contribution < 1.29 is 0 Å². The molecule has 146 valence electrons. The second-order valence-corrected chi connectivity index (χ2v) is 8.48. The van der Waals surface area contributed by atoms with Gasteiger partial charge in [0.1, 0.15) is 5.01 Å². The maximum atomic E-state index is 4.82. The number of hydrogen-bond donors (Lipinski definition) is 1. The number of aryl methyl sites for hydroxylation is 1. The molecule has 3 aromatic heterocycles. The van der Waals surface area contributed by atoms with Crippen molar-refractivity contribution in [1.29, 1.82) is 0 Å². The normalized spacial score (nSPS) is 16.0. The Kier molecular flexibility index (Phi) is 4.69. The molecule has 7 heteroatoms. The van der Waals surface area contributed by atoms with E-state index in [-0.39, 0.29) is 0 Å². The highest BCUT2D eigenvalue weighted by atomic mass is 32.1. The number of rotatable bonds is 4. The van der Waals surface area contributed by atoms with E-state index in [1.54, 1.807) is 17.5 Å². The summed E-state index contributed by atoms with van der Waals surface area (Å²) in [5.74, 6) is 1.90. The molecule has 1 saturated heterocycles. The van der Waals surface area contributed by atoms with Gasteiger partial charge in [-0.05, 0) is 32.3 Å². The molecule has 1 aromatic carbocycles. The number of nitrogens with zero attached hydrogens (tertiary/aromatic N) is 5. The van der Waals surface area contributed by atoms with E-state index in [4.69, 9.17) is 9.97 Å². The van der Waals surface area contributed by atoms with Gasteiger partial charge in [-0.3, -0.25) is 4.98 Å². The van der Waals surface area contributed by atoms with Gasteiger partial charge >= 0.3 is 5.95 Å². The molecule has 0 saturated carbocycles. The molecule has 0 radical (unpaired) electrons. The van der Waals surface area contributed by atoms with Gasteiger partial charge in [-0.25, -0.2) is 9.47 Å². The highest BCUT2D eigenvalue weighted by molar-refractivity contribution is 7.18. The zero-order valence-corrected chi connectivity index (χ0v) is 17.2. The molecule has 0 aliphatic carbocycles. The van der Waals surface area contributed by atoms with Crippen LogP contribution in [-0.2, 0) is 0 Å². The van der Waals surface area contributed by atoms with Crippen molar-refractivity contribution in [2.75, 3.05) is 13.1 Å². The van der Waals surface area contributed by atoms with Crippen molar-refractivity contribution >= 4 is 23.1 Å². The lowest BCUT2D eigenvalue weighted by atomic mass is 10.1.